The molecule has 9 heteroatoms. The summed E-state index contributed by atoms with van der Waals surface area (Å²) >= 11 is 0. The van der Waals surface area contributed by atoms with Crippen molar-refractivity contribution in [2.24, 2.45) is 0 Å². The first-order chi connectivity index (χ1) is 31.6. The highest BCUT2D eigenvalue weighted by atomic mass is 31.2. The molecule has 0 spiro atoms. The number of allylic oxidation sites excluding steroid dienone is 10. The Kier molecular flexibility index (Phi) is 47.3. The van der Waals surface area contributed by atoms with Crippen molar-refractivity contribution in [1.82, 2.24) is 0 Å². The van der Waals surface area contributed by atoms with Crippen LogP contribution >= 0.6 is 7.82 Å². The van der Waals surface area contributed by atoms with E-state index in [-0.39, 0.29) is 25.8 Å². The van der Waals surface area contributed by atoms with Crippen molar-refractivity contribution >= 4 is 13.8 Å². The maximum Gasteiger partial charge on any atom is 0.472 e. The molecule has 0 aliphatic carbocycles. The smallest absolute Gasteiger partial charge is 0.457 e. The number of quaternary nitrogens is 1. The van der Waals surface area contributed by atoms with Crippen molar-refractivity contribution in [1.29, 1.82) is 0 Å². The highest BCUT2D eigenvalue weighted by Crippen LogP contribution is 2.43. The van der Waals surface area contributed by atoms with Crippen LogP contribution in [-0.2, 0) is 27.9 Å². The van der Waals surface area contributed by atoms with Crippen LogP contribution in [0.5, 0.6) is 0 Å². The fraction of sp³-hybridized carbons (Fsp3) is 0.804. The van der Waals surface area contributed by atoms with Gasteiger partial charge in [-0.3, -0.25) is 13.8 Å². The molecule has 0 aromatic rings. The predicted octanol–water partition coefficient (Wildman–Crippen LogP) is 16.8. The molecule has 0 aliphatic rings. The van der Waals surface area contributed by atoms with Crippen LogP contribution in [0.25, 0.3) is 0 Å². The quantitative estimate of drug-likeness (QED) is 0.0214. The Labute approximate surface area is 402 Å². The summed E-state index contributed by atoms with van der Waals surface area (Å²) in [4.78, 5) is 23.0. The van der Waals surface area contributed by atoms with Gasteiger partial charge in [0.1, 0.15) is 19.3 Å². The Morgan fingerprint density at radius 3 is 1.29 bits per heavy atom. The lowest BCUT2D eigenvalue weighted by atomic mass is 10.0. The molecule has 0 aromatic carbocycles. The fourth-order valence-electron chi connectivity index (χ4n) is 7.36. The summed E-state index contributed by atoms with van der Waals surface area (Å²) in [7, 11) is 1.66. The zero-order valence-corrected chi connectivity index (χ0v) is 44.1. The Balaban J connectivity index is 4.13. The van der Waals surface area contributed by atoms with Gasteiger partial charge in [-0.2, -0.15) is 0 Å². The molecule has 0 aromatic heterocycles. The molecule has 0 amide bonds. The van der Waals surface area contributed by atoms with Gasteiger partial charge in [-0.05, 0) is 83.5 Å². The standard InChI is InChI=1S/C56H104NO7P/c1-6-8-10-12-14-16-18-20-22-24-26-27-28-29-30-31-32-33-35-37-39-41-43-45-47-49-56(58)64-55(54-63-65(59,60)62-52-50-57(3,4)5)53-61-51-48-46-44-42-40-38-36-34-25-23-21-19-17-15-13-11-9-7-2/h15,17-18,20-21,23-24,26,28-29,55H,6-14,16,19,22,25,27,30-54H2,1-5H3/p+1/b17-15-,20-18-,23-21-,26-24-,29-28-. The molecule has 0 bridgehead atoms. The first kappa shape index (κ1) is 63.2. The number of unbranched alkanes of at least 4 members (excludes halogenated alkanes) is 26. The lowest BCUT2D eigenvalue weighted by Crippen LogP contribution is -2.37. The summed E-state index contributed by atoms with van der Waals surface area (Å²) in [6.45, 7) is 5.59. The number of ether oxygens (including phenoxy) is 2. The number of phosphoric ester groups is 1. The summed E-state index contributed by atoms with van der Waals surface area (Å²) in [5, 5.41) is 0. The third-order valence-corrected chi connectivity index (χ3v) is 12.5. The fourth-order valence-corrected chi connectivity index (χ4v) is 8.10. The van der Waals surface area contributed by atoms with Crippen molar-refractivity contribution in [3.05, 3.63) is 60.8 Å². The second-order valence-electron chi connectivity index (χ2n) is 19.3. The van der Waals surface area contributed by atoms with E-state index in [0.717, 1.165) is 51.4 Å². The van der Waals surface area contributed by atoms with Crippen molar-refractivity contribution < 1.29 is 37.3 Å². The second-order valence-corrected chi connectivity index (χ2v) is 20.7. The lowest BCUT2D eigenvalue weighted by molar-refractivity contribution is -0.870. The Morgan fingerprint density at radius 2 is 0.846 bits per heavy atom. The minimum Gasteiger partial charge on any atom is -0.457 e. The van der Waals surface area contributed by atoms with Gasteiger partial charge in [0.05, 0.1) is 34.4 Å². The minimum atomic E-state index is -4.29. The van der Waals surface area contributed by atoms with E-state index in [1.807, 2.05) is 21.1 Å². The van der Waals surface area contributed by atoms with E-state index in [4.69, 9.17) is 18.5 Å². The zero-order chi connectivity index (χ0) is 47.6. The maximum absolute atomic E-state index is 12.8. The SMILES string of the molecule is CCCCC/C=C\C/C=C\CCCCCCCCCCOCC(COP(=O)(O)OCC[N+](C)(C)C)OC(=O)CCCCCCCCCCCC/C=C\C/C=C\C/C=C\CCCCCCC. The number of carbonyl (C=O) groups is 1. The van der Waals surface area contributed by atoms with E-state index in [1.165, 1.54) is 161 Å². The van der Waals surface area contributed by atoms with Crippen LogP contribution in [0.4, 0.5) is 0 Å². The molecule has 0 radical (unpaired) electrons. The number of rotatable bonds is 50. The van der Waals surface area contributed by atoms with Crippen LogP contribution in [0.15, 0.2) is 60.8 Å². The number of esters is 1. The number of carbonyl (C=O) groups excluding carboxylic acids is 1. The van der Waals surface area contributed by atoms with E-state index in [1.54, 1.807) is 0 Å². The highest BCUT2D eigenvalue weighted by molar-refractivity contribution is 7.47. The van der Waals surface area contributed by atoms with Crippen LogP contribution in [0.2, 0.25) is 0 Å². The van der Waals surface area contributed by atoms with Gasteiger partial charge >= 0.3 is 13.8 Å². The van der Waals surface area contributed by atoms with E-state index in [2.05, 4.69) is 74.6 Å². The lowest BCUT2D eigenvalue weighted by Gasteiger charge is -2.24. The highest BCUT2D eigenvalue weighted by Gasteiger charge is 2.26. The molecule has 0 heterocycles. The van der Waals surface area contributed by atoms with Crippen LogP contribution in [0, 0.1) is 0 Å². The molecule has 2 unspecified atom stereocenters. The van der Waals surface area contributed by atoms with Crippen molar-refractivity contribution in [3.8, 4) is 0 Å². The molecule has 2 atom stereocenters. The molecule has 0 saturated heterocycles. The van der Waals surface area contributed by atoms with Gasteiger partial charge < -0.3 is 18.9 Å². The Morgan fingerprint density at radius 1 is 0.477 bits per heavy atom. The van der Waals surface area contributed by atoms with Gasteiger partial charge in [-0.15, -0.1) is 0 Å². The molecular weight excluding hydrogens is 830 g/mol. The van der Waals surface area contributed by atoms with Crippen LogP contribution in [0.3, 0.4) is 0 Å². The molecule has 0 rings (SSSR count). The van der Waals surface area contributed by atoms with Crippen LogP contribution < -0.4 is 0 Å². The van der Waals surface area contributed by atoms with Crippen LogP contribution in [-0.4, -0.2) is 75.6 Å². The predicted molar refractivity (Wildman–Crippen MR) is 279 cm³/mol. The summed E-state index contributed by atoms with van der Waals surface area (Å²) in [5.74, 6) is -0.319. The van der Waals surface area contributed by atoms with Crippen LogP contribution in [0.1, 0.15) is 232 Å². The Hall–Kier alpha value is -1.80. The van der Waals surface area contributed by atoms with Gasteiger partial charge in [-0.25, -0.2) is 4.57 Å². The molecule has 1 N–H and O–H groups in total. The van der Waals surface area contributed by atoms with Gasteiger partial charge in [0, 0.05) is 13.0 Å². The molecule has 65 heavy (non-hydrogen) atoms. The molecule has 380 valence electrons. The number of hydrogen-bond acceptors (Lipinski definition) is 6. The van der Waals surface area contributed by atoms with Crippen molar-refractivity contribution in [2.75, 3.05) is 54.1 Å². The first-order valence-corrected chi connectivity index (χ1v) is 28.5. The number of hydrogen-bond donors (Lipinski definition) is 1. The molecular formula is C56H105NO7P+. The Bertz CT molecular complexity index is 1220. The van der Waals surface area contributed by atoms with Gasteiger partial charge in [-0.1, -0.05) is 203 Å². The van der Waals surface area contributed by atoms with Gasteiger partial charge in [0.25, 0.3) is 0 Å². The van der Waals surface area contributed by atoms with E-state index < -0.39 is 13.9 Å². The summed E-state index contributed by atoms with van der Waals surface area (Å²) in [5.41, 5.74) is 0. The van der Waals surface area contributed by atoms with Gasteiger partial charge in [0.15, 0.2) is 0 Å². The summed E-state index contributed by atoms with van der Waals surface area (Å²) in [6.07, 6.45) is 62.7. The average molecular weight is 935 g/mol. The largest absolute Gasteiger partial charge is 0.472 e. The molecule has 8 nitrogen and oxygen atoms in total. The van der Waals surface area contributed by atoms with E-state index in [9.17, 15) is 14.3 Å². The second kappa shape index (κ2) is 48.6. The maximum atomic E-state index is 12.8. The topological polar surface area (TPSA) is 91.3 Å². The number of phosphoric acid groups is 1. The summed E-state index contributed by atoms with van der Waals surface area (Å²) < 4.78 is 35.2. The third-order valence-electron chi connectivity index (χ3n) is 11.6. The minimum absolute atomic E-state index is 0.0847. The molecule has 0 aliphatic heterocycles. The van der Waals surface area contributed by atoms with Crippen molar-refractivity contribution in [2.45, 2.75) is 238 Å². The van der Waals surface area contributed by atoms with Gasteiger partial charge in [0.2, 0.25) is 0 Å². The van der Waals surface area contributed by atoms with E-state index in [0.29, 0.717) is 24.1 Å². The third kappa shape index (κ3) is 53.0. The van der Waals surface area contributed by atoms with E-state index >= 15 is 0 Å². The molecule has 0 fully saturated rings. The first-order valence-electron chi connectivity index (χ1n) is 27.0. The molecule has 0 saturated carbocycles. The zero-order valence-electron chi connectivity index (χ0n) is 43.2. The average Bonchev–Trinajstić information content (AvgIpc) is 3.27. The summed E-state index contributed by atoms with van der Waals surface area (Å²) in [6, 6.07) is 0. The van der Waals surface area contributed by atoms with Crippen molar-refractivity contribution in [3.63, 3.8) is 0 Å². The normalized spacial score (nSPS) is 14.0. The number of likely N-dealkylation sites (N-methyl/N-ethyl adjacent to an activating group) is 1. The number of nitrogens with zero attached hydrogens (tertiary/aromatic N) is 1. The monoisotopic (exact) mass is 935 g/mol.